The molecule has 1 aliphatic rings. The second-order valence-electron chi connectivity index (χ2n) is 9.85. The van der Waals surface area contributed by atoms with Gasteiger partial charge in [-0.3, -0.25) is 0 Å². The molecule has 1 unspecified atom stereocenters. The van der Waals surface area contributed by atoms with Gasteiger partial charge in [-0.25, -0.2) is 9.78 Å². The van der Waals surface area contributed by atoms with Crippen molar-refractivity contribution in [3.8, 4) is 5.75 Å². The maximum atomic E-state index is 12.8. The summed E-state index contributed by atoms with van der Waals surface area (Å²) < 4.78 is 27.3. The van der Waals surface area contributed by atoms with Crippen LogP contribution in [0.2, 0.25) is 5.15 Å². The van der Waals surface area contributed by atoms with Crippen LogP contribution in [0.1, 0.15) is 51.3 Å². The smallest absolute Gasteiger partial charge is 0.410 e. The highest BCUT2D eigenvalue weighted by Crippen LogP contribution is 2.35. The highest BCUT2D eigenvalue weighted by atomic mass is 35.5. The van der Waals surface area contributed by atoms with Gasteiger partial charge in [-0.05, 0) is 55.8 Å². The molecule has 0 saturated carbocycles. The summed E-state index contributed by atoms with van der Waals surface area (Å²) in [4.78, 5) is 18.2. The van der Waals surface area contributed by atoms with Gasteiger partial charge in [0.05, 0.1) is 19.1 Å². The number of hydrogen-bond acceptors (Lipinski definition) is 6. The number of nitrogens with one attached hydrogen (secondary N) is 1. The zero-order valence-electron chi connectivity index (χ0n) is 21.0. The molecule has 2 aromatic carbocycles. The Kier molecular flexibility index (Phi) is 8.30. The Labute approximate surface area is 220 Å². The summed E-state index contributed by atoms with van der Waals surface area (Å²) in [7, 11) is 0. The molecule has 1 fully saturated rings. The molecule has 2 heterocycles. The first kappa shape index (κ1) is 26.5. The molecule has 3 aromatic rings. The molecule has 9 heteroatoms. The first-order valence-corrected chi connectivity index (χ1v) is 13.6. The maximum absolute atomic E-state index is 12.8. The van der Waals surface area contributed by atoms with Crippen molar-refractivity contribution in [2.75, 3.05) is 13.1 Å². The maximum Gasteiger partial charge on any atom is 0.410 e. The Bertz CT molecular complexity index is 1200. The van der Waals surface area contributed by atoms with Crippen LogP contribution in [0.4, 0.5) is 4.79 Å². The van der Waals surface area contributed by atoms with Gasteiger partial charge in [0, 0.05) is 22.9 Å². The number of nitrogens with zero attached hydrogens (tertiary/aromatic N) is 2. The van der Waals surface area contributed by atoms with Crippen LogP contribution in [0.25, 0.3) is 10.8 Å². The van der Waals surface area contributed by atoms with Crippen LogP contribution >= 0.6 is 11.6 Å². The van der Waals surface area contributed by atoms with Gasteiger partial charge in [0.2, 0.25) is 0 Å². The van der Waals surface area contributed by atoms with Gasteiger partial charge in [0.25, 0.3) is 0 Å². The molecule has 0 radical (unpaired) electrons. The second kappa shape index (κ2) is 11.3. The molecule has 1 aromatic heterocycles. The number of carbonyl (C=O) groups excluding carboxylic acids is 1. The molecule has 1 amide bonds. The van der Waals surface area contributed by atoms with Crippen molar-refractivity contribution in [2.24, 2.45) is 0 Å². The number of ether oxygens (including phenoxy) is 2. The fourth-order valence-corrected chi connectivity index (χ4v) is 5.00. The van der Waals surface area contributed by atoms with E-state index in [2.05, 4.69) is 16.6 Å². The van der Waals surface area contributed by atoms with Crippen LogP contribution in [0.15, 0.2) is 54.7 Å². The van der Waals surface area contributed by atoms with E-state index in [1.807, 2.05) is 69.3 Å². The Hall–Kier alpha value is -2.52. The Morgan fingerprint density at radius 1 is 1.22 bits per heavy atom. The molecular formula is C27H32ClN3O4S. The Balaban J connectivity index is 1.44. The van der Waals surface area contributed by atoms with Crippen molar-refractivity contribution in [1.29, 1.82) is 0 Å². The normalized spacial score (nSPS) is 15.9. The monoisotopic (exact) mass is 529 g/mol. The summed E-state index contributed by atoms with van der Waals surface area (Å²) in [6, 6.07) is 15.2. The number of rotatable bonds is 8. The zero-order valence-corrected chi connectivity index (χ0v) is 22.6. The van der Waals surface area contributed by atoms with Crippen LogP contribution in [-0.4, -0.2) is 44.5 Å². The number of likely N-dealkylation sites (tertiary alicyclic amines) is 1. The lowest BCUT2D eigenvalue weighted by atomic mass is 9.98. The minimum atomic E-state index is -1.22. The zero-order chi connectivity index (χ0) is 25.9. The molecule has 7 nitrogen and oxygen atoms in total. The lowest BCUT2D eigenvalue weighted by Gasteiger charge is -2.38. The van der Waals surface area contributed by atoms with Crippen molar-refractivity contribution in [3.05, 3.63) is 71.0 Å². The largest absolute Gasteiger partial charge is 0.598 e. The Morgan fingerprint density at radius 2 is 1.94 bits per heavy atom. The lowest BCUT2D eigenvalue weighted by molar-refractivity contribution is 0.00932. The fourth-order valence-electron chi connectivity index (χ4n) is 3.94. The summed E-state index contributed by atoms with van der Waals surface area (Å²) in [5.41, 5.74) is 1.93. The van der Waals surface area contributed by atoms with Crippen molar-refractivity contribution < 1.29 is 18.8 Å². The van der Waals surface area contributed by atoms with E-state index >= 15 is 0 Å². The molecule has 0 aliphatic carbocycles. The molecule has 36 heavy (non-hydrogen) atoms. The number of halogens is 1. The van der Waals surface area contributed by atoms with Crippen LogP contribution in [0.3, 0.4) is 0 Å². The van der Waals surface area contributed by atoms with Crippen molar-refractivity contribution in [2.45, 2.75) is 57.6 Å². The topological polar surface area (TPSA) is 86.8 Å². The molecule has 1 saturated heterocycles. The van der Waals surface area contributed by atoms with E-state index in [0.717, 1.165) is 28.3 Å². The number of hydrogen-bond donors (Lipinski definition) is 1. The van der Waals surface area contributed by atoms with Gasteiger partial charge in [-0.2, -0.15) is 0 Å². The fraction of sp³-hybridized carbons (Fsp3) is 0.407. The molecular weight excluding hydrogens is 498 g/mol. The molecule has 1 aliphatic heterocycles. The summed E-state index contributed by atoms with van der Waals surface area (Å²) in [6.07, 6.45) is 1.96. The van der Waals surface area contributed by atoms with E-state index in [1.165, 1.54) is 0 Å². The average Bonchev–Trinajstić information content (AvgIpc) is 2.82. The molecule has 1 N–H and O–H groups in total. The molecule has 4 rings (SSSR count). The average molecular weight is 530 g/mol. The van der Waals surface area contributed by atoms with Crippen molar-refractivity contribution in [1.82, 2.24) is 14.6 Å². The van der Waals surface area contributed by atoms with Crippen LogP contribution in [0, 0.1) is 0 Å². The predicted molar refractivity (Wildman–Crippen MR) is 143 cm³/mol. The van der Waals surface area contributed by atoms with E-state index in [1.54, 1.807) is 11.1 Å². The number of amides is 1. The minimum Gasteiger partial charge on any atom is -0.598 e. The summed E-state index contributed by atoms with van der Waals surface area (Å²) in [5, 5.41) is 2.10. The minimum absolute atomic E-state index is 0.126. The quantitative estimate of drug-likeness (QED) is 0.293. The van der Waals surface area contributed by atoms with Gasteiger partial charge in [0.15, 0.2) is 0 Å². The SMILES string of the molecule is CC[C@@H](N[S+]([O-])C(C)(C)C)c1ccc(OC2CN(C(=O)OCc3ccccc3)C2)c2cnc(Cl)cc12. The van der Waals surface area contributed by atoms with E-state index in [-0.39, 0.29) is 29.6 Å². The van der Waals surface area contributed by atoms with E-state index in [4.69, 9.17) is 21.1 Å². The number of benzene rings is 2. The number of fused-ring (bicyclic) bond motifs is 1. The summed E-state index contributed by atoms with van der Waals surface area (Å²) in [6.45, 7) is 9.01. The van der Waals surface area contributed by atoms with Gasteiger partial charge in [0.1, 0.15) is 28.4 Å². The Morgan fingerprint density at radius 3 is 2.61 bits per heavy atom. The summed E-state index contributed by atoms with van der Waals surface area (Å²) in [5.74, 6) is 0.673. The van der Waals surface area contributed by atoms with E-state index < -0.39 is 11.4 Å². The molecule has 0 spiro atoms. The highest BCUT2D eigenvalue weighted by molar-refractivity contribution is 7.90. The second-order valence-corrected chi connectivity index (χ2v) is 12.2. The van der Waals surface area contributed by atoms with Crippen molar-refractivity contribution >= 4 is 39.8 Å². The molecule has 192 valence electrons. The molecule has 0 bridgehead atoms. The number of pyridine rings is 1. The lowest BCUT2D eigenvalue weighted by Crippen LogP contribution is -2.56. The molecule has 2 atom stereocenters. The third-order valence-corrected chi connectivity index (χ3v) is 7.87. The van der Waals surface area contributed by atoms with Crippen LogP contribution < -0.4 is 9.46 Å². The third kappa shape index (κ3) is 6.24. The summed E-state index contributed by atoms with van der Waals surface area (Å²) >= 11 is 5.03. The van der Waals surface area contributed by atoms with Gasteiger partial charge in [-0.15, -0.1) is 4.72 Å². The van der Waals surface area contributed by atoms with E-state index in [0.29, 0.717) is 24.0 Å². The van der Waals surface area contributed by atoms with Crippen LogP contribution in [-0.2, 0) is 22.7 Å². The van der Waals surface area contributed by atoms with Crippen molar-refractivity contribution in [3.63, 3.8) is 0 Å². The number of carbonyl (C=O) groups is 1. The van der Waals surface area contributed by atoms with Gasteiger partial charge < -0.3 is 18.9 Å². The van der Waals surface area contributed by atoms with Gasteiger partial charge in [-0.1, -0.05) is 54.9 Å². The first-order valence-electron chi connectivity index (χ1n) is 12.0. The first-order chi connectivity index (χ1) is 17.2. The highest BCUT2D eigenvalue weighted by Gasteiger charge is 2.34. The van der Waals surface area contributed by atoms with E-state index in [9.17, 15) is 9.35 Å². The van der Waals surface area contributed by atoms with Crippen LogP contribution in [0.5, 0.6) is 5.75 Å². The standard InChI is InChI=1S/C27H32ClN3O4S/c1-5-23(30-36(33)27(2,3)4)20-11-12-24(22-14-29-25(28)13-21(20)22)35-19-15-31(16-19)26(32)34-17-18-9-7-6-8-10-18/h6-14,19,23,30H,5,15-17H2,1-4H3/t23-,36?/m1/s1. The number of aromatic nitrogens is 1. The predicted octanol–water partition coefficient (Wildman–Crippen LogP) is 5.79. The van der Waals surface area contributed by atoms with Gasteiger partial charge >= 0.3 is 6.09 Å². The third-order valence-electron chi connectivity index (χ3n) is 6.06.